The zero-order valence-electron chi connectivity index (χ0n) is 11.7. The van der Waals surface area contributed by atoms with E-state index in [1.165, 1.54) is 5.56 Å². The Morgan fingerprint density at radius 1 is 1.24 bits per heavy atom. The van der Waals surface area contributed by atoms with Crippen molar-refractivity contribution < 1.29 is 4.79 Å². The van der Waals surface area contributed by atoms with Crippen LogP contribution in [0, 0.1) is 18.3 Å². The van der Waals surface area contributed by atoms with E-state index in [9.17, 15) is 10.1 Å². The van der Waals surface area contributed by atoms with Crippen LogP contribution in [0.3, 0.4) is 0 Å². The molecule has 0 unspecified atom stereocenters. The number of anilines is 1. The summed E-state index contributed by atoms with van der Waals surface area (Å²) >= 11 is 0. The molecule has 4 nitrogen and oxygen atoms in total. The Morgan fingerprint density at radius 2 is 2.05 bits per heavy atom. The molecule has 2 aromatic carbocycles. The van der Waals surface area contributed by atoms with Crippen molar-refractivity contribution in [2.45, 2.75) is 20.0 Å². The zero-order chi connectivity index (χ0) is 14.8. The lowest BCUT2D eigenvalue weighted by Crippen LogP contribution is -2.13. The van der Waals surface area contributed by atoms with E-state index < -0.39 is 0 Å². The first-order valence-electron chi connectivity index (χ1n) is 6.82. The molecule has 0 radical (unpaired) electrons. The molecule has 1 amide bonds. The van der Waals surface area contributed by atoms with Crippen LogP contribution in [0.25, 0.3) is 0 Å². The lowest BCUT2D eigenvalue weighted by Gasteiger charge is -2.09. The number of carbonyl (C=O) groups is 1. The fourth-order valence-electron chi connectivity index (χ4n) is 2.55. The number of benzene rings is 2. The van der Waals surface area contributed by atoms with Crippen molar-refractivity contribution in [3.05, 3.63) is 64.2 Å². The quantitative estimate of drug-likeness (QED) is 0.887. The van der Waals surface area contributed by atoms with Gasteiger partial charge in [-0.2, -0.15) is 5.26 Å². The number of hydrogen-bond acceptors (Lipinski definition) is 3. The third-order valence-corrected chi connectivity index (χ3v) is 3.73. The molecule has 104 valence electrons. The van der Waals surface area contributed by atoms with Gasteiger partial charge in [0.05, 0.1) is 11.3 Å². The fraction of sp³-hybridized carbons (Fsp3) is 0.176. The van der Waals surface area contributed by atoms with Crippen molar-refractivity contribution in [3.8, 4) is 6.07 Å². The van der Waals surface area contributed by atoms with Gasteiger partial charge in [-0.15, -0.1) is 0 Å². The molecular weight excluding hydrogens is 262 g/mol. The summed E-state index contributed by atoms with van der Waals surface area (Å²) in [4.78, 5) is 12.4. The van der Waals surface area contributed by atoms with Crippen molar-refractivity contribution in [2.75, 3.05) is 5.32 Å². The number of fused-ring (bicyclic) bond motifs is 1. The molecule has 0 fully saturated rings. The Balaban J connectivity index is 1.87. The second-order valence-corrected chi connectivity index (χ2v) is 5.15. The highest BCUT2D eigenvalue weighted by Crippen LogP contribution is 2.21. The highest BCUT2D eigenvalue weighted by atomic mass is 16.1. The zero-order valence-corrected chi connectivity index (χ0v) is 11.7. The van der Waals surface area contributed by atoms with E-state index in [0.717, 1.165) is 24.2 Å². The normalized spacial score (nSPS) is 12.6. The minimum atomic E-state index is -0.188. The number of nitrogens with zero attached hydrogens (tertiary/aromatic N) is 1. The Morgan fingerprint density at radius 3 is 2.86 bits per heavy atom. The highest BCUT2D eigenvalue weighted by molar-refractivity contribution is 6.05. The van der Waals surface area contributed by atoms with Crippen molar-refractivity contribution in [3.63, 3.8) is 0 Å². The summed E-state index contributed by atoms with van der Waals surface area (Å²) < 4.78 is 0. The molecule has 2 N–H and O–H groups in total. The molecule has 1 aliphatic heterocycles. The van der Waals surface area contributed by atoms with Gasteiger partial charge in [0.2, 0.25) is 0 Å². The SMILES string of the molecule is Cc1cccc(NC(=O)c2ccc3c(c2)CNC3)c1C#N. The number of aryl methyl sites for hydroxylation is 1. The van der Waals surface area contributed by atoms with Crippen LogP contribution >= 0.6 is 0 Å². The van der Waals surface area contributed by atoms with E-state index in [-0.39, 0.29) is 5.91 Å². The maximum atomic E-state index is 12.4. The summed E-state index contributed by atoms with van der Waals surface area (Å²) in [6.07, 6.45) is 0. The predicted molar refractivity (Wildman–Crippen MR) is 80.8 cm³/mol. The molecule has 1 aliphatic rings. The molecule has 0 aliphatic carbocycles. The van der Waals surface area contributed by atoms with Crippen LogP contribution in [0.2, 0.25) is 0 Å². The molecule has 0 saturated carbocycles. The molecule has 1 heterocycles. The Bertz CT molecular complexity index is 759. The maximum absolute atomic E-state index is 12.4. The Kier molecular flexibility index (Phi) is 3.43. The van der Waals surface area contributed by atoms with Crippen molar-refractivity contribution in [1.82, 2.24) is 5.32 Å². The summed E-state index contributed by atoms with van der Waals surface area (Å²) in [7, 11) is 0. The molecule has 21 heavy (non-hydrogen) atoms. The number of carbonyl (C=O) groups excluding carboxylic acids is 1. The molecule has 2 aromatic rings. The van der Waals surface area contributed by atoms with Crippen molar-refractivity contribution in [2.24, 2.45) is 0 Å². The topological polar surface area (TPSA) is 64.9 Å². The minimum Gasteiger partial charge on any atom is -0.321 e. The molecular formula is C17H15N3O. The summed E-state index contributed by atoms with van der Waals surface area (Å²) in [5.41, 5.74) is 4.93. The number of nitriles is 1. The van der Waals surface area contributed by atoms with Gasteiger partial charge in [-0.05, 0) is 41.8 Å². The number of nitrogens with one attached hydrogen (secondary N) is 2. The Hall–Kier alpha value is -2.64. The number of amides is 1. The van der Waals surface area contributed by atoms with Crippen LogP contribution in [0.1, 0.15) is 32.6 Å². The molecule has 4 heteroatoms. The first kappa shape index (κ1) is 13.3. The van der Waals surface area contributed by atoms with Crippen LogP contribution in [0.5, 0.6) is 0 Å². The standard InChI is InChI=1S/C17H15N3O/c1-11-3-2-4-16(15(11)8-18)20-17(21)12-5-6-13-9-19-10-14(13)7-12/h2-7,19H,9-10H2,1H3,(H,20,21). The summed E-state index contributed by atoms with van der Waals surface area (Å²) in [6.45, 7) is 3.51. The molecule has 0 aromatic heterocycles. The van der Waals surface area contributed by atoms with E-state index in [1.807, 2.05) is 37.3 Å². The van der Waals surface area contributed by atoms with Gasteiger partial charge in [0.25, 0.3) is 5.91 Å². The molecule has 3 rings (SSSR count). The first-order chi connectivity index (χ1) is 10.2. The second-order valence-electron chi connectivity index (χ2n) is 5.15. The van der Waals surface area contributed by atoms with E-state index in [0.29, 0.717) is 16.8 Å². The van der Waals surface area contributed by atoms with Gasteiger partial charge in [-0.3, -0.25) is 4.79 Å². The number of rotatable bonds is 2. The summed E-state index contributed by atoms with van der Waals surface area (Å²) in [6, 6.07) is 13.3. The fourth-order valence-corrected chi connectivity index (χ4v) is 2.55. The van der Waals surface area contributed by atoms with E-state index in [4.69, 9.17) is 0 Å². The van der Waals surface area contributed by atoms with Crippen LogP contribution in [0.4, 0.5) is 5.69 Å². The van der Waals surface area contributed by atoms with Crippen molar-refractivity contribution in [1.29, 1.82) is 5.26 Å². The largest absolute Gasteiger partial charge is 0.321 e. The van der Waals surface area contributed by atoms with Crippen LogP contribution in [0.15, 0.2) is 36.4 Å². The average molecular weight is 277 g/mol. The van der Waals surface area contributed by atoms with Crippen LogP contribution < -0.4 is 10.6 Å². The van der Waals surface area contributed by atoms with E-state index >= 15 is 0 Å². The smallest absolute Gasteiger partial charge is 0.255 e. The lowest BCUT2D eigenvalue weighted by atomic mass is 10.0. The highest BCUT2D eigenvalue weighted by Gasteiger charge is 2.15. The Labute approximate surface area is 123 Å². The first-order valence-corrected chi connectivity index (χ1v) is 6.82. The van der Waals surface area contributed by atoms with Gasteiger partial charge in [-0.25, -0.2) is 0 Å². The molecule has 0 atom stereocenters. The van der Waals surface area contributed by atoms with Gasteiger partial charge in [0.15, 0.2) is 0 Å². The van der Waals surface area contributed by atoms with Gasteiger partial charge in [-0.1, -0.05) is 18.2 Å². The second kappa shape index (κ2) is 5.39. The lowest BCUT2D eigenvalue weighted by molar-refractivity contribution is 0.102. The minimum absolute atomic E-state index is 0.188. The maximum Gasteiger partial charge on any atom is 0.255 e. The number of hydrogen-bond donors (Lipinski definition) is 2. The van der Waals surface area contributed by atoms with Gasteiger partial charge in [0, 0.05) is 18.7 Å². The molecule has 0 spiro atoms. The van der Waals surface area contributed by atoms with Crippen LogP contribution in [-0.4, -0.2) is 5.91 Å². The average Bonchev–Trinajstić information content (AvgIpc) is 2.94. The summed E-state index contributed by atoms with van der Waals surface area (Å²) in [5.74, 6) is -0.188. The molecule has 0 saturated heterocycles. The summed E-state index contributed by atoms with van der Waals surface area (Å²) in [5, 5.41) is 15.3. The van der Waals surface area contributed by atoms with Crippen LogP contribution in [-0.2, 0) is 13.1 Å². The monoisotopic (exact) mass is 277 g/mol. The third-order valence-electron chi connectivity index (χ3n) is 3.73. The molecule has 0 bridgehead atoms. The predicted octanol–water partition coefficient (Wildman–Crippen LogP) is 2.72. The van der Waals surface area contributed by atoms with Crippen molar-refractivity contribution >= 4 is 11.6 Å². The third kappa shape index (κ3) is 2.51. The van der Waals surface area contributed by atoms with Gasteiger partial charge in [0.1, 0.15) is 6.07 Å². The van der Waals surface area contributed by atoms with E-state index in [1.54, 1.807) is 6.07 Å². The van der Waals surface area contributed by atoms with Gasteiger partial charge >= 0.3 is 0 Å². The van der Waals surface area contributed by atoms with E-state index in [2.05, 4.69) is 16.7 Å². The van der Waals surface area contributed by atoms with Gasteiger partial charge < -0.3 is 10.6 Å².